The summed E-state index contributed by atoms with van der Waals surface area (Å²) in [6, 6.07) is 14.6. The number of anilines is 1. The standard InChI is InChI=1S/C20H20N2OS.C4H9N/c1-23-18-12-11-17(15-8-2-3-9-16(15)18)22-24-19-10-4-6-14-7-5-13-21-20(14)19;1-2-4-5-3-1/h4-7,10-13,22H,2-3,8-9H2,1H3;5H,1-4H2. The van der Waals surface area contributed by atoms with Crippen LogP contribution in [0.1, 0.15) is 36.8 Å². The topological polar surface area (TPSA) is 46.2 Å². The second kappa shape index (κ2) is 9.99. The second-order valence-corrected chi connectivity index (χ2v) is 8.32. The van der Waals surface area contributed by atoms with Gasteiger partial charge in [0.2, 0.25) is 0 Å². The Morgan fingerprint density at radius 1 is 0.931 bits per heavy atom. The summed E-state index contributed by atoms with van der Waals surface area (Å²) in [5.41, 5.74) is 5.01. The number of nitrogens with one attached hydrogen (secondary N) is 2. The molecule has 29 heavy (non-hydrogen) atoms. The summed E-state index contributed by atoms with van der Waals surface area (Å²) in [7, 11) is 1.76. The van der Waals surface area contributed by atoms with Gasteiger partial charge in [-0.1, -0.05) is 18.2 Å². The van der Waals surface area contributed by atoms with Gasteiger partial charge in [-0.25, -0.2) is 0 Å². The van der Waals surface area contributed by atoms with E-state index >= 15 is 0 Å². The molecule has 1 fully saturated rings. The van der Waals surface area contributed by atoms with Crippen molar-refractivity contribution in [3.05, 3.63) is 59.8 Å². The van der Waals surface area contributed by atoms with Gasteiger partial charge in [-0.05, 0) is 99.0 Å². The molecule has 5 heteroatoms. The first-order valence-electron chi connectivity index (χ1n) is 10.5. The molecule has 0 radical (unpaired) electrons. The fraction of sp³-hybridized carbons (Fsp3) is 0.375. The number of nitrogens with zero attached hydrogens (tertiary/aromatic N) is 1. The van der Waals surface area contributed by atoms with E-state index in [1.807, 2.05) is 12.3 Å². The van der Waals surface area contributed by atoms with Gasteiger partial charge in [0.25, 0.3) is 0 Å². The van der Waals surface area contributed by atoms with Crippen molar-refractivity contribution in [3.63, 3.8) is 0 Å². The maximum atomic E-state index is 5.54. The Hall–Kier alpha value is -2.24. The van der Waals surface area contributed by atoms with E-state index in [1.165, 1.54) is 61.0 Å². The lowest BCUT2D eigenvalue weighted by Gasteiger charge is -2.22. The van der Waals surface area contributed by atoms with E-state index in [-0.39, 0.29) is 0 Å². The Morgan fingerprint density at radius 2 is 1.72 bits per heavy atom. The molecule has 0 amide bonds. The largest absolute Gasteiger partial charge is 0.496 e. The SMILES string of the molecule is C1CCNC1.COc1ccc(NSc2cccc3cccnc23)c2c1CCCC2. The second-order valence-electron chi connectivity index (χ2n) is 7.47. The number of benzene rings is 2. The van der Waals surface area contributed by atoms with Gasteiger partial charge in [0, 0.05) is 17.3 Å². The molecule has 1 aliphatic carbocycles. The Labute approximate surface area is 177 Å². The first kappa shape index (κ1) is 20.0. The zero-order chi connectivity index (χ0) is 19.9. The fourth-order valence-electron chi connectivity index (χ4n) is 4.02. The van der Waals surface area contributed by atoms with E-state index < -0.39 is 0 Å². The normalized spacial score (nSPS) is 15.3. The quantitative estimate of drug-likeness (QED) is 0.550. The zero-order valence-electron chi connectivity index (χ0n) is 17.0. The summed E-state index contributed by atoms with van der Waals surface area (Å²) in [4.78, 5) is 5.67. The summed E-state index contributed by atoms with van der Waals surface area (Å²) < 4.78 is 9.10. The molecular weight excluding hydrogens is 378 g/mol. The molecular formula is C24H29N3OS. The van der Waals surface area contributed by atoms with Crippen LogP contribution >= 0.6 is 11.9 Å². The molecule has 2 aliphatic rings. The van der Waals surface area contributed by atoms with E-state index in [1.54, 1.807) is 19.1 Å². The molecule has 0 saturated carbocycles. The van der Waals surface area contributed by atoms with Gasteiger partial charge in [0.1, 0.15) is 5.75 Å². The van der Waals surface area contributed by atoms with Gasteiger partial charge < -0.3 is 14.8 Å². The van der Waals surface area contributed by atoms with Gasteiger partial charge in [0.05, 0.1) is 17.5 Å². The molecule has 3 aromatic rings. The number of fused-ring (bicyclic) bond motifs is 2. The third-order valence-electron chi connectivity index (χ3n) is 5.54. The minimum absolute atomic E-state index is 1.02. The Morgan fingerprint density at radius 3 is 2.48 bits per heavy atom. The average molecular weight is 408 g/mol. The molecule has 0 bridgehead atoms. The van der Waals surface area contributed by atoms with Gasteiger partial charge in [-0.2, -0.15) is 0 Å². The van der Waals surface area contributed by atoms with Crippen molar-refractivity contribution in [2.75, 3.05) is 24.9 Å². The third-order valence-corrected chi connectivity index (χ3v) is 6.41. The molecule has 1 saturated heterocycles. The smallest absolute Gasteiger partial charge is 0.122 e. The van der Waals surface area contributed by atoms with Crippen LogP contribution in [-0.2, 0) is 12.8 Å². The van der Waals surface area contributed by atoms with Crippen molar-refractivity contribution in [1.82, 2.24) is 10.3 Å². The number of para-hydroxylation sites is 1. The third kappa shape index (κ3) is 4.85. The van der Waals surface area contributed by atoms with Crippen molar-refractivity contribution >= 4 is 28.5 Å². The van der Waals surface area contributed by atoms with Crippen LogP contribution in [0.15, 0.2) is 53.6 Å². The average Bonchev–Trinajstić information content (AvgIpc) is 3.38. The number of aromatic nitrogens is 1. The monoisotopic (exact) mass is 407 g/mol. The molecule has 0 spiro atoms. The Balaban J connectivity index is 0.000000359. The molecule has 152 valence electrons. The van der Waals surface area contributed by atoms with Crippen LogP contribution in [0.25, 0.3) is 10.9 Å². The van der Waals surface area contributed by atoms with Gasteiger partial charge in [-0.3, -0.25) is 4.98 Å². The van der Waals surface area contributed by atoms with E-state index in [4.69, 9.17) is 4.74 Å². The van der Waals surface area contributed by atoms with Crippen molar-refractivity contribution < 1.29 is 4.74 Å². The van der Waals surface area contributed by atoms with Gasteiger partial charge in [0.15, 0.2) is 0 Å². The molecule has 2 N–H and O–H groups in total. The molecule has 2 heterocycles. The van der Waals surface area contributed by atoms with Crippen LogP contribution in [0.4, 0.5) is 5.69 Å². The first-order chi connectivity index (χ1) is 14.4. The number of hydrogen-bond acceptors (Lipinski definition) is 5. The molecule has 1 aliphatic heterocycles. The van der Waals surface area contributed by atoms with Crippen molar-refractivity contribution in [2.45, 2.75) is 43.4 Å². The van der Waals surface area contributed by atoms with E-state index in [0.29, 0.717) is 0 Å². The number of ether oxygens (including phenoxy) is 1. The van der Waals surface area contributed by atoms with Crippen LogP contribution in [0.5, 0.6) is 5.75 Å². The van der Waals surface area contributed by atoms with Crippen LogP contribution in [-0.4, -0.2) is 25.2 Å². The highest BCUT2D eigenvalue weighted by Gasteiger charge is 2.18. The van der Waals surface area contributed by atoms with Crippen LogP contribution in [0, 0.1) is 0 Å². The molecule has 1 aromatic heterocycles. The molecule has 2 aromatic carbocycles. The van der Waals surface area contributed by atoms with Crippen molar-refractivity contribution in [3.8, 4) is 5.75 Å². The molecule has 4 nitrogen and oxygen atoms in total. The maximum absolute atomic E-state index is 5.54. The lowest BCUT2D eigenvalue weighted by molar-refractivity contribution is 0.406. The Bertz CT molecular complexity index is 943. The summed E-state index contributed by atoms with van der Waals surface area (Å²) in [6.07, 6.45) is 9.34. The highest BCUT2D eigenvalue weighted by molar-refractivity contribution is 8.00. The number of rotatable bonds is 4. The maximum Gasteiger partial charge on any atom is 0.122 e. The lowest BCUT2D eigenvalue weighted by atomic mass is 9.90. The highest BCUT2D eigenvalue weighted by atomic mass is 32.2. The fourth-order valence-corrected chi connectivity index (χ4v) is 4.84. The summed E-state index contributed by atoms with van der Waals surface area (Å²) in [5.74, 6) is 1.02. The predicted octanol–water partition coefficient (Wildman–Crippen LogP) is 5.61. The molecule has 0 unspecified atom stereocenters. The Kier molecular flexibility index (Phi) is 6.91. The molecule has 5 rings (SSSR count). The van der Waals surface area contributed by atoms with Crippen molar-refractivity contribution in [1.29, 1.82) is 0 Å². The number of pyridine rings is 1. The number of hydrogen-bond donors (Lipinski definition) is 2. The first-order valence-corrected chi connectivity index (χ1v) is 11.3. The minimum atomic E-state index is 1.02. The van der Waals surface area contributed by atoms with Crippen LogP contribution in [0.2, 0.25) is 0 Å². The summed E-state index contributed by atoms with van der Waals surface area (Å²) in [6.45, 7) is 2.50. The summed E-state index contributed by atoms with van der Waals surface area (Å²) in [5, 5.41) is 4.39. The van der Waals surface area contributed by atoms with E-state index in [2.05, 4.69) is 51.4 Å². The van der Waals surface area contributed by atoms with Gasteiger partial charge in [-0.15, -0.1) is 0 Å². The lowest BCUT2D eigenvalue weighted by Crippen LogP contribution is -2.07. The highest BCUT2D eigenvalue weighted by Crippen LogP contribution is 2.37. The van der Waals surface area contributed by atoms with Crippen LogP contribution < -0.4 is 14.8 Å². The minimum Gasteiger partial charge on any atom is -0.496 e. The van der Waals surface area contributed by atoms with Gasteiger partial charge >= 0.3 is 0 Å². The van der Waals surface area contributed by atoms with E-state index in [9.17, 15) is 0 Å². The van der Waals surface area contributed by atoms with Crippen molar-refractivity contribution in [2.24, 2.45) is 0 Å². The zero-order valence-corrected chi connectivity index (χ0v) is 17.9. The molecule has 0 atom stereocenters. The van der Waals surface area contributed by atoms with Crippen LogP contribution in [0.3, 0.4) is 0 Å². The van der Waals surface area contributed by atoms with E-state index in [0.717, 1.165) is 29.0 Å². The number of methoxy groups -OCH3 is 1. The summed E-state index contributed by atoms with van der Waals surface area (Å²) >= 11 is 1.64. The predicted molar refractivity (Wildman–Crippen MR) is 123 cm³/mol.